The third-order valence-electron chi connectivity index (χ3n) is 6.10. The fraction of sp³-hybridized carbons (Fsp3) is 0.571. The molecule has 1 heterocycles. The summed E-state index contributed by atoms with van der Waals surface area (Å²) in [6.07, 6.45) is 8.77. The molecule has 0 aromatic rings. The molecule has 0 N–H and O–H groups in total. The highest BCUT2D eigenvalue weighted by atomic mass is 16.5. The third-order valence-corrected chi connectivity index (χ3v) is 6.10. The largest absolute Gasteiger partial charge is 0.461 e. The summed E-state index contributed by atoms with van der Waals surface area (Å²) in [5.41, 5.74) is 0.870. The molecule has 1 aliphatic heterocycles. The first-order valence-corrected chi connectivity index (χ1v) is 6.27. The van der Waals surface area contributed by atoms with E-state index in [1.54, 1.807) is 6.08 Å². The molecule has 0 aromatic carbocycles. The quantitative estimate of drug-likeness (QED) is 0.588. The minimum absolute atomic E-state index is 0.0345. The number of hydrogen-bond donors (Lipinski definition) is 0. The Kier molecular flexibility index (Phi) is 1.03. The van der Waals surface area contributed by atoms with Crippen molar-refractivity contribution in [2.24, 2.45) is 22.2 Å². The van der Waals surface area contributed by atoms with Crippen molar-refractivity contribution in [2.75, 3.05) is 6.61 Å². The van der Waals surface area contributed by atoms with E-state index in [0.29, 0.717) is 18.9 Å². The summed E-state index contributed by atoms with van der Waals surface area (Å²) in [6, 6.07) is 0. The van der Waals surface area contributed by atoms with Crippen LogP contribution in [-0.4, -0.2) is 18.4 Å². The molecule has 1 saturated heterocycles. The van der Waals surface area contributed by atoms with Crippen LogP contribution in [0, 0.1) is 22.2 Å². The number of ether oxygens (including phenoxy) is 1. The molecule has 86 valence electrons. The molecule has 4 atom stereocenters. The molecule has 2 saturated carbocycles. The smallest absolute Gasteiger partial charge is 0.334 e. The summed E-state index contributed by atoms with van der Waals surface area (Å²) in [5.74, 6) is 0.565. The van der Waals surface area contributed by atoms with Crippen LogP contribution in [0.3, 0.4) is 0 Å². The second kappa shape index (κ2) is 2.02. The molecule has 0 amide bonds. The summed E-state index contributed by atoms with van der Waals surface area (Å²) in [7, 11) is 0. The molecular formula is C14H12O3. The zero-order chi connectivity index (χ0) is 11.5. The van der Waals surface area contributed by atoms with Crippen molar-refractivity contribution in [3.05, 3.63) is 23.8 Å². The van der Waals surface area contributed by atoms with Crippen molar-refractivity contribution >= 4 is 11.8 Å². The van der Waals surface area contributed by atoms with Crippen molar-refractivity contribution in [3.63, 3.8) is 0 Å². The van der Waals surface area contributed by atoms with Gasteiger partial charge in [0.05, 0.1) is 5.41 Å². The fourth-order valence-electron chi connectivity index (χ4n) is 5.71. The van der Waals surface area contributed by atoms with E-state index < -0.39 is 0 Å². The number of allylic oxidation sites excluding steroid dienone is 3. The summed E-state index contributed by atoms with van der Waals surface area (Å²) in [5, 5.41) is 0. The van der Waals surface area contributed by atoms with Crippen LogP contribution in [0.4, 0.5) is 0 Å². The lowest BCUT2D eigenvalue weighted by atomic mass is 9.72. The fourth-order valence-corrected chi connectivity index (χ4v) is 5.71. The molecular weight excluding hydrogens is 216 g/mol. The molecule has 0 radical (unpaired) electrons. The average molecular weight is 228 g/mol. The lowest BCUT2D eigenvalue weighted by Crippen LogP contribution is -2.27. The number of esters is 1. The van der Waals surface area contributed by atoms with E-state index in [9.17, 15) is 9.59 Å². The van der Waals surface area contributed by atoms with Gasteiger partial charge >= 0.3 is 5.97 Å². The first-order chi connectivity index (χ1) is 8.15. The predicted octanol–water partition coefficient (Wildman–Crippen LogP) is 1.39. The molecule has 0 aromatic heterocycles. The van der Waals surface area contributed by atoms with Gasteiger partial charge in [0, 0.05) is 22.8 Å². The lowest BCUT2D eigenvalue weighted by molar-refractivity contribution is -0.135. The van der Waals surface area contributed by atoms with Gasteiger partial charge < -0.3 is 4.74 Å². The van der Waals surface area contributed by atoms with Gasteiger partial charge in [-0.25, -0.2) is 4.79 Å². The number of ketones is 1. The van der Waals surface area contributed by atoms with Crippen LogP contribution >= 0.6 is 0 Å². The zero-order valence-corrected chi connectivity index (χ0v) is 9.36. The Hall–Kier alpha value is -1.38. The Morgan fingerprint density at radius 2 is 2.18 bits per heavy atom. The standard InChI is InChI=1S/C14H12O3/c15-9-1-2-12-4-8-3-10-11(16)17-7-14(10,12)13(12,5-8)6-9/h1-3,8H,4-7H2. The minimum Gasteiger partial charge on any atom is -0.461 e. The van der Waals surface area contributed by atoms with E-state index in [1.165, 1.54) is 0 Å². The number of cyclic esters (lactones) is 1. The normalized spacial score (nSPS) is 56.2. The van der Waals surface area contributed by atoms with Gasteiger partial charge in [-0.1, -0.05) is 12.2 Å². The Labute approximate surface area is 98.5 Å². The SMILES string of the molecule is O=C1C=CC23CC4C=C5C(=O)OCC52C3(C1)C4. The highest BCUT2D eigenvalue weighted by molar-refractivity contribution is 6.00. The van der Waals surface area contributed by atoms with Gasteiger partial charge in [0.1, 0.15) is 6.61 Å². The molecule has 3 spiro atoms. The van der Waals surface area contributed by atoms with Gasteiger partial charge in [0.2, 0.25) is 0 Å². The van der Waals surface area contributed by atoms with Gasteiger partial charge in [-0.15, -0.1) is 0 Å². The minimum atomic E-state index is -0.136. The second-order valence-electron chi connectivity index (χ2n) is 6.26. The van der Waals surface area contributed by atoms with Gasteiger partial charge in [0.25, 0.3) is 0 Å². The van der Waals surface area contributed by atoms with Crippen LogP contribution in [0.1, 0.15) is 19.3 Å². The van der Waals surface area contributed by atoms with Crippen LogP contribution in [0.25, 0.3) is 0 Å². The molecule has 6 aliphatic rings. The summed E-state index contributed by atoms with van der Waals surface area (Å²) >= 11 is 0. The topological polar surface area (TPSA) is 43.4 Å². The van der Waals surface area contributed by atoms with E-state index in [4.69, 9.17) is 4.74 Å². The van der Waals surface area contributed by atoms with Gasteiger partial charge in [0.15, 0.2) is 5.78 Å². The van der Waals surface area contributed by atoms with Crippen molar-refractivity contribution in [2.45, 2.75) is 19.3 Å². The number of hydrogen-bond acceptors (Lipinski definition) is 3. The van der Waals surface area contributed by atoms with Crippen molar-refractivity contribution in [3.8, 4) is 0 Å². The summed E-state index contributed by atoms with van der Waals surface area (Å²) in [4.78, 5) is 23.6. The Morgan fingerprint density at radius 3 is 3.06 bits per heavy atom. The Bertz CT molecular complexity index is 572. The maximum Gasteiger partial charge on any atom is 0.334 e. The maximum atomic E-state index is 11.8. The summed E-state index contributed by atoms with van der Waals surface area (Å²) < 4.78 is 5.31. The molecule has 3 fully saturated rings. The molecule has 5 aliphatic carbocycles. The van der Waals surface area contributed by atoms with Crippen molar-refractivity contribution in [1.29, 1.82) is 0 Å². The zero-order valence-electron chi connectivity index (χ0n) is 9.36. The lowest BCUT2D eigenvalue weighted by Gasteiger charge is -2.29. The molecule has 3 heteroatoms. The predicted molar refractivity (Wildman–Crippen MR) is 57.8 cm³/mol. The highest BCUT2D eigenvalue weighted by Crippen LogP contribution is 2.94. The van der Waals surface area contributed by atoms with E-state index in [0.717, 1.165) is 18.4 Å². The Balaban J connectivity index is 1.84. The van der Waals surface area contributed by atoms with Crippen LogP contribution in [0.2, 0.25) is 0 Å². The van der Waals surface area contributed by atoms with Gasteiger partial charge in [-0.05, 0) is 24.8 Å². The van der Waals surface area contributed by atoms with Crippen LogP contribution in [0.15, 0.2) is 23.8 Å². The second-order valence-corrected chi connectivity index (χ2v) is 6.26. The first kappa shape index (κ1) is 8.67. The monoisotopic (exact) mass is 228 g/mol. The molecule has 3 nitrogen and oxygen atoms in total. The molecule has 4 unspecified atom stereocenters. The maximum absolute atomic E-state index is 11.8. The molecule has 4 bridgehead atoms. The molecule has 6 rings (SSSR count). The van der Waals surface area contributed by atoms with Gasteiger partial charge in [-0.2, -0.15) is 0 Å². The van der Waals surface area contributed by atoms with E-state index in [1.807, 2.05) is 0 Å². The van der Waals surface area contributed by atoms with E-state index in [2.05, 4.69) is 12.2 Å². The van der Waals surface area contributed by atoms with E-state index in [-0.39, 0.29) is 28.0 Å². The Morgan fingerprint density at radius 1 is 1.29 bits per heavy atom. The summed E-state index contributed by atoms with van der Waals surface area (Å²) in [6.45, 7) is 0.502. The first-order valence-electron chi connectivity index (χ1n) is 6.27. The van der Waals surface area contributed by atoms with Crippen LogP contribution in [0.5, 0.6) is 0 Å². The van der Waals surface area contributed by atoms with Crippen LogP contribution < -0.4 is 0 Å². The number of carbonyl (C=O) groups is 2. The van der Waals surface area contributed by atoms with Crippen molar-refractivity contribution < 1.29 is 14.3 Å². The van der Waals surface area contributed by atoms with Crippen LogP contribution in [-0.2, 0) is 14.3 Å². The average Bonchev–Trinajstić information content (AvgIpc) is 2.58. The van der Waals surface area contributed by atoms with E-state index >= 15 is 0 Å². The number of rotatable bonds is 0. The third kappa shape index (κ3) is 0.558. The van der Waals surface area contributed by atoms with Crippen molar-refractivity contribution in [1.82, 2.24) is 0 Å². The van der Waals surface area contributed by atoms with Gasteiger partial charge in [-0.3, -0.25) is 4.79 Å². The number of carbonyl (C=O) groups excluding carboxylic acids is 2. The molecule has 17 heavy (non-hydrogen) atoms. The highest BCUT2D eigenvalue weighted by Gasteiger charge is 2.93.